The number of hydrogen-bond donors (Lipinski definition) is 2. The van der Waals surface area contributed by atoms with Gasteiger partial charge in [-0.1, -0.05) is 30.3 Å². The largest absolute Gasteiger partial charge is 0.492 e. The minimum Gasteiger partial charge on any atom is -0.492 e. The van der Waals surface area contributed by atoms with Crippen LogP contribution in [0.4, 0.5) is 5.69 Å². The van der Waals surface area contributed by atoms with Crippen molar-refractivity contribution in [3.05, 3.63) is 60.2 Å². The lowest BCUT2D eigenvalue weighted by molar-refractivity contribution is -0.117. The normalized spacial score (nSPS) is 9.88. The van der Waals surface area contributed by atoms with Gasteiger partial charge in [0.2, 0.25) is 5.91 Å². The highest BCUT2D eigenvalue weighted by Gasteiger charge is 2.03. The highest BCUT2D eigenvalue weighted by atomic mass is 35.5. The third-order valence-electron chi connectivity index (χ3n) is 3.11. The number of benzene rings is 2. The van der Waals surface area contributed by atoms with Crippen LogP contribution < -0.4 is 15.8 Å². The minimum atomic E-state index is -0.0753. The summed E-state index contributed by atoms with van der Waals surface area (Å²) in [7, 11) is 0. The maximum atomic E-state index is 11.8. The van der Waals surface area contributed by atoms with Crippen molar-refractivity contribution < 1.29 is 14.3 Å². The summed E-state index contributed by atoms with van der Waals surface area (Å²) in [6.07, 6.45) is 0.318. The van der Waals surface area contributed by atoms with Crippen LogP contribution in [0.5, 0.6) is 5.75 Å². The monoisotopic (exact) mass is 350 g/mol. The Morgan fingerprint density at radius 2 is 1.71 bits per heavy atom. The molecule has 0 radical (unpaired) electrons. The number of ether oxygens (including phenoxy) is 2. The van der Waals surface area contributed by atoms with E-state index in [0.29, 0.717) is 32.8 Å². The number of rotatable bonds is 9. The average molecular weight is 351 g/mol. The Balaban J connectivity index is 0.00000288. The van der Waals surface area contributed by atoms with Crippen LogP contribution in [0.3, 0.4) is 0 Å². The molecule has 0 aliphatic rings. The number of anilines is 1. The molecule has 24 heavy (non-hydrogen) atoms. The zero-order valence-corrected chi connectivity index (χ0v) is 14.3. The van der Waals surface area contributed by atoms with Gasteiger partial charge < -0.3 is 20.5 Å². The van der Waals surface area contributed by atoms with Gasteiger partial charge in [0.1, 0.15) is 12.4 Å². The molecule has 2 rings (SSSR count). The van der Waals surface area contributed by atoms with Crippen molar-refractivity contribution in [2.75, 3.05) is 25.1 Å². The van der Waals surface area contributed by atoms with Crippen molar-refractivity contribution in [2.24, 2.45) is 5.73 Å². The van der Waals surface area contributed by atoms with Gasteiger partial charge in [-0.2, -0.15) is 0 Å². The molecule has 1 amide bonds. The molecule has 6 heteroatoms. The van der Waals surface area contributed by atoms with Gasteiger partial charge in [0, 0.05) is 12.2 Å². The first kappa shape index (κ1) is 20.0. The summed E-state index contributed by atoms with van der Waals surface area (Å²) in [6, 6.07) is 17.1. The summed E-state index contributed by atoms with van der Waals surface area (Å²) >= 11 is 0. The van der Waals surface area contributed by atoms with Gasteiger partial charge in [0.15, 0.2) is 0 Å². The van der Waals surface area contributed by atoms with E-state index in [1.165, 1.54) is 0 Å². The van der Waals surface area contributed by atoms with Gasteiger partial charge in [-0.3, -0.25) is 4.79 Å². The van der Waals surface area contributed by atoms with Gasteiger partial charge in [-0.15, -0.1) is 12.4 Å². The van der Waals surface area contributed by atoms with Crippen molar-refractivity contribution in [1.29, 1.82) is 0 Å². The quantitative estimate of drug-likeness (QED) is 0.682. The summed E-state index contributed by atoms with van der Waals surface area (Å²) in [5.41, 5.74) is 7.21. The molecule has 0 aliphatic heterocycles. The summed E-state index contributed by atoms with van der Waals surface area (Å²) < 4.78 is 10.9. The second-order valence-electron chi connectivity index (χ2n) is 5.00. The minimum absolute atomic E-state index is 0. The Hall–Kier alpha value is -2.08. The Morgan fingerprint density at radius 3 is 2.38 bits per heavy atom. The van der Waals surface area contributed by atoms with Gasteiger partial charge in [-0.05, 0) is 29.8 Å². The predicted octanol–water partition coefficient (Wildman–Crippen LogP) is 2.99. The number of halogens is 1. The molecule has 130 valence electrons. The first-order valence-corrected chi connectivity index (χ1v) is 7.62. The van der Waals surface area contributed by atoms with E-state index in [1.54, 1.807) is 24.3 Å². The third kappa shape index (κ3) is 7.46. The van der Waals surface area contributed by atoms with E-state index >= 15 is 0 Å². The fourth-order valence-corrected chi connectivity index (χ4v) is 1.96. The lowest BCUT2D eigenvalue weighted by atomic mass is 10.2. The molecule has 0 aliphatic carbocycles. The maximum absolute atomic E-state index is 11.8. The number of amides is 1. The van der Waals surface area contributed by atoms with Crippen molar-refractivity contribution >= 4 is 24.0 Å². The van der Waals surface area contributed by atoms with Crippen LogP contribution in [0.25, 0.3) is 0 Å². The fourth-order valence-electron chi connectivity index (χ4n) is 1.96. The first-order valence-electron chi connectivity index (χ1n) is 7.62. The van der Waals surface area contributed by atoms with Crippen LogP contribution in [0.2, 0.25) is 0 Å². The summed E-state index contributed by atoms with van der Waals surface area (Å²) in [4.78, 5) is 11.8. The van der Waals surface area contributed by atoms with Crippen LogP contribution >= 0.6 is 12.4 Å². The summed E-state index contributed by atoms with van der Waals surface area (Å²) in [5.74, 6) is 0.660. The van der Waals surface area contributed by atoms with E-state index in [4.69, 9.17) is 15.2 Å². The van der Waals surface area contributed by atoms with Gasteiger partial charge in [0.05, 0.1) is 19.6 Å². The summed E-state index contributed by atoms with van der Waals surface area (Å²) in [5, 5.41) is 2.82. The first-order chi connectivity index (χ1) is 11.3. The molecule has 0 aromatic heterocycles. The zero-order valence-electron chi connectivity index (χ0n) is 13.4. The highest BCUT2D eigenvalue weighted by molar-refractivity contribution is 5.90. The van der Waals surface area contributed by atoms with E-state index in [1.807, 2.05) is 30.3 Å². The molecule has 3 N–H and O–H groups in total. The van der Waals surface area contributed by atoms with Crippen molar-refractivity contribution in [3.8, 4) is 5.75 Å². The molecule has 0 saturated heterocycles. The molecule has 0 spiro atoms. The van der Waals surface area contributed by atoms with Crippen LogP contribution in [0.1, 0.15) is 12.0 Å². The lowest BCUT2D eigenvalue weighted by Gasteiger charge is -2.08. The van der Waals surface area contributed by atoms with Crippen LogP contribution in [-0.4, -0.2) is 25.7 Å². The van der Waals surface area contributed by atoms with Crippen molar-refractivity contribution in [3.63, 3.8) is 0 Å². The van der Waals surface area contributed by atoms with Crippen LogP contribution in [0.15, 0.2) is 54.6 Å². The van der Waals surface area contributed by atoms with Gasteiger partial charge >= 0.3 is 0 Å². The molecular formula is C18H23ClN2O3. The number of nitrogens with two attached hydrogens (primary N) is 1. The van der Waals surface area contributed by atoms with Crippen molar-refractivity contribution in [2.45, 2.75) is 13.0 Å². The zero-order chi connectivity index (χ0) is 16.3. The van der Waals surface area contributed by atoms with Crippen molar-refractivity contribution in [1.82, 2.24) is 0 Å². The number of nitrogens with one attached hydrogen (secondary N) is 1. The Morgan fingerprint density at radius 1 is 1.00 bits per heavy atom. The predicted molar refractivity (Wildman–Crippen MR) is 97.6 cm³/mol. The molecule has 0 unspecified atom stereocenters. The van der Waals surface area contributed by atoms with E-state index in [0.717, 1.165) is 17.0 Å². The average Bonchev–Trinajstić information content (AvgIpc) is 2.59. The SMILES string of the molecule is Cl.NCCOc1ccc(NC(=O)CCOCc2ccccc2)cc1. The smallest absolute Gasteiger partial charge is 0.226 e. The Labute approximate surface area is 148 Å². The van der Waals surface area contributed by atoms with E-state index < -0.39 is 0 Å². The second kappa shape index (κ2) is 11.5. The standard InChI is InChI=1S/C18H22N2O3.ClH/c19-11-13-23-17-8-6-16(7-9-17)20-18(21)10-12-22-14-15-4-2-1-3-5-15;/h1-9H,10-14,19H2,(H,20,21);1H. The van der Waals surface area contributed by atoms with Crippen LogP contribution in [-0.2, 0) is 16.1 Å². The van der Waals surface area contributed by atoms with Gasteiger partial charge in [0.25, 0.3) is 0 Å². The fraction of sp³-hybridized carbons (Fsp3) is 0.278. The lowest BCUT2D eigenvalue weighted by Crippen LogP contribution is -2.14. The number of hydrogen-bond acceptors (Lipinski definition) is 4. The highest BCUT2D eigenvalue weighted by Crippen LogP contribution is 2.15. The van der Waals surface area contributed by atoms with E-state index in [-0.39, 0.29) is 18.3 Å². The molecular weight excluding hydrogens is 328 g/mol. The summed E-state index contributed by atoms with van der Waals surface area (Å²) in [6.45, 7) is 1.85. The topological polar surface area (TPSA) is 73.6 Å². The molecule has 0 atom stereocenters. The molecule has 2 aromatic rings. The Bertz CT molecular complexity index is 591. The van der Waals surface area contributed by atoms with E-state index in [9.17, 15) is 4.79 Å². The molecule has 5 nitrogen and oxygen atoms in total. The maximum Gasteiger partial charge on any atom is 0.226 e. The molecule has 2 aromatic carbocycles. The molecule has 0 heterocycles. The Kier molecular flexibility index (Phi) is 9.53. The third-order valence-corrected chi connectivity index (χ3v) is 3.11. The van der Waals surface area contributed by atoms with E-state index in [2.05, 4.69) is 5.32 Å². The molecule has 0 fully saturated rings. The van der Waals surface area contributed by atoms with Crippen LogP contribution in [0, 0.1) is 0 Å². The molecule has 0 saturated carbocycles. The van der Waals surface area contributed by atoms with Gasteiger partial charge in [-0.25, -0.2) is 0 Å². The second-order valence-corrected chi connectivity index (χ2v) is 5.00. The number of carbonyl (C=O) groups excluding carboxylic acids is 1. The number of carbonyl (C=O) groups is 1. The molecule has 0 bridgehead atoms.